The van der Waals surface area contributed by atoms with Crippen molar-refractivity contribution in [2.45, 2.75) is 13.3 Å². The van der Waals surface area contributed by atoms with Gasteiger partial charge in [-0.1, -0.05) is 11.6 Å². The largest absolute Gasteiger partial charge is 0.493 e. The van der Waals surface area contributed by atoms with Crippen LogP contribution in [0.4, 0.5) is 17.3 Å². The molecule has 3 aromatic rings. The van der Waals surface area contributed by atoms with Crippen LogP contribution in [0.2, 0.25) is 5.15 Å². The van der Waals surface area contributed by atoms with Gasteiger partial charge < -0.3 is 14.5 Å². The number of hydrogen-bond donors (Lipinski definition) is 0. The van der Waals surface area contributed by atoms with E-state index >= 15 is 0 Å². The minimum absolute atomic E-state index is 0.134. The topological polar surface area (TPSA) is 71.5 Å². The molecule has 4 heterocycles. The van der Waals surface area contributed by atoms with Gasteiger partial charge in [-0.2, -0.15) is 0 Å². The second-order valence-electron chi connectivity index (χ2n) is 6.58. The molecule has 0 radical (unpaired) electrons. The molecule has 8 heteroatoms. The van der Waals surface area contributed by atoms with Gasteiger partial charge in [-0.25, -0.2) is 9.97 Å². The first kappa shape index (κ1) is 19.1. The summed E-state index contributed by atoms with van der Waals surface area (Å²) in [5, 5.41) is 0.372. The lowest BCUT2D eigenvalue weighted by molar-refractivity contribution is 0.0994. The highest BCUT2D eigenvalue weighted by Crippen LogP contribution is 2.38. The van der Waals surface area contributed by atoms with Crippen LogP contribution in [0.1, 0.15) is 22.8 Å². The monoisotopic (exact) mass is 409 g/mol. The number of pyridine rings is 3. The van der Waals surface area contributed by atoms with E-state index in [1.165, 1.54) is 0 Å². The van der Waals surface area contributed by atoms with Crippen LogP contribution in [-0.4, -0.2) is 41.1 Å². The lowest BCUT2D eigenvalue weighted by Gasteiger charge is -2.23. The third-order valence-electron chi connectivity index (χ3n) is 4.78. The Labute approximate surface area is 173 Å². The predicted octanol–water partition coefficient (Wildman–Crippen LogP) is 3.89. The molecule has 0 spiro atoms. The Morgan fingerprint density at radius 3 is 2.69 bits per heavy atom. The van der Waals surface area contributed by atoms with Crippen LogP contribution in [0.3, 0.4) is 0 Å². The molecule has 1 amide bonds. The fourth-order valence-corrected chi connectivity index (χ4v) is 3.44. The van der Waals surface area contributed by atoms with Gasteiger partial charge in [0.05, 0.1) is 17.9 Å². The van der Waals surface area contributed by atoms with Gasteiger partial charge in [0.2, 0.25) is 0 Å². The van der Waals surface area contributed by atoms with Crippen molar-refractivity contribution in [3.8, 4) is 5.75 Å². The highest BCUT2D eigenvalue weighted by atomic mass is 35.5. The second kappa shape index (κ2) is 8.05. The molecule has 0 aromatic carbocycles. The van der Waals surface area contributed by atoms with E-state index < -0.39 is 0 Å². The predicted molar refractivity (Wildman–Crippen MR) is 112 cm³/mol. The summed E-state index contributed by atoms with van der Waals surface area (Å²) in [6.07, 6.45) is 5.78. The van der Waals surface area contributed by atoms with Gasteiger partial charge >= 0.3 is 0 Å². The van der Waals surface area contributed by atoms with E-state index in [1.54, 1.807) is 42.7 Å². The third kappa shape index (κ3) is 3.73. The molecule has 1 aliphatic heterocycles. The van der Waals surface area contributed by atoms with Crippen molar-refractivity contribution in [2.75, 3.05) is 30.0 Å². The quantitative estimate of drug-likeness (QED) is 0.595. The Balaban J connectivity index is 1.64. The van der Waals surface area contributed by atoms with E-state index in [-0.39, 0.29) is 5.91 Å². The third-order valence-corrected chi connectivity index (χ3v) is 4.99. The first-order chi connectivity index (χ1) is 14.1. The van der Waals surface area contributed by atoms with E-state index in [9.17, 15) is 4.79 Å². The van der Waals surface area contributed by atoms with Crippen molar-refractivity contribution < 1.29 is 9.53 Å². The van der Waals surface area contributed by atoms with Crippen molar-refractivity contribution in [1.82, 2.24) is 15.0 Å². The average Bonchev–Trinajstić information content (AvgIpc) is 2.82. The normalized spacial score (nSPS) is 13.0. The number of amides is 1. The maximum Gasteiger partial charge on any atom is 0.261 e. The van der Waals surface area contributed by atoms with E-state index in [4.69, 9.17) is 16.3 Å². The summed E-state index contributed by atoms with van der Waals surface area (Å²) in [5.41, 5.74) is 2.15. The molecular formula is C21H20ClN5O2. The number of hydrogen-bond acceptors (Lipinski definition) is 6. The van der Waals surface area contributed by atoms with Crippen LogP contribution in [0.25, 0.3) is 0 Å². The SMILES string of the molecule is CCN1c2ncc(CCOc3ccncc3)cc2C(=O)N(C)c2ccc(Cl)nc21. The Bertz CT molecular complexity index is 1040. The lowest BCUT2D eigenvalue weighted by atomic mass is 10.1. The van der Waals surface area contributed by atoms with Crippen LogP contribution >= 0.6 is 11.6 Å². The Morgan fingerprint density at radius 1 is 1.14 bits per heavy atom. The van der Waals surface area contributed by atoms with E-state index in [1.807, 2.05) is 30.0 Å². The number of aromatic nitrogens is 3. The van der Waals surface area contributed by atoms with Gasteiger partial charge in [0.15, 0.2) is 5.82 Å². The standard InChI is InChI=1S/C21H20ClN5O2/c1-3-27-19-16(21(28)26(2)17-4-5-18(22)25-20(17)27)12-14(13-24-19)8-11-29-15-6-9-23-10-7-15/h4-7,9-10,12-13H,3,8,11H2,1-2H3. The molecule has 0 N–H and O–H groups in total. The molecule has 0 bridgehead atoms. The molecule has 0 saturated carbocycles. The number of fused-ring (bicyclic) bond motifs is 2. The minimum Gasteiger partial charge on any atom is -0.493 e. The van der Waals surface area contributed by atoms with Crippen molar-refractivity contribution in [2.24, 2.45) is 0 Å². The number of anilines is 3. The highest BCUT2D eigenvalue weighted by molar-refractivity contribution is 6.29. The maximum atomic E-state index is 13.2. The number of carbonyl (C=O) groups excluding carboxylic acids is 1. The maximum absolute atomic E-state index is 13.2. The van der Waals surface area contributed by atoms with Crippen LogP contribution in [0.15, 0.2) is 48.9 Å². The fourth-order valence-electron chi connectivity index (χ4n) is 3.30. The summed E-state index contributed by atoms with van der Waals surface area (Å²) in [7, 11) is 1.74. The summed E-state index contributed by atoms with van der Waals surface area (Å²) >= 11 is 6.12. The Hall–Kier alpha value is -3.19. The molecule has 3 aromatic heterocycles. The summed E-state index contributed by atoms with van der Waals surface area (Å²) in [5.74, 6) is 1.83. The Kier molecular flexibility index (Phi) is 5.31. The zero-order chi connectivity index (χ0) is 20.4. The van der Waals surface area contributed by atoms with Crippen LogP contribution in [-0.2, 0) is 6.42 Å². The number of carbonyl (C=O) groups is 1. The van der Waals surface area contributed by atoms with Gasteiger partial charge in [0.1, 0.15) is 16.7 Å². The van der Waals surface area contributed by atoms with Crippen LogP contribution < -0.4 is 14.5 Å². The molecule has 29 heavy (non-hydrogen) atoms. The molecule has 0 saturated heterocycles. The molecule has 4 rings (SSSR count). The number of halogens is 1. The van der Waals surface area contributed by atoms with Crippen molar-refractivity contribution in [3.05, 3.63) is 65.2 Å². The molecule has 0 atom stereocenters. The number of nitrogens with zero attached hydrogens (tertiary/aromatic N) is 5. The minimum atomic E-state index is -0.134. The summed E-state index contributed by atoms with van der Waals surface area (Å²) in [4.78, 5) is 29.7. The second-order valence-corrected chi connectivity index (χ2v) is 6.97. The smallest absolute Gasteiger partial charge is 0.261 e. The van der Waals surface area contributed by atoms with E-state index in [2.05, 4.69) is 15.0 Å². The average molecular weight is 410 g/mol. The number of rotatable bonds is 5. The first-order valence-electron chi connectivity index (χ1n) is 9.32. The van der Waals surface area contributed by atoms with Crippen molar-refractivity contribution >= 4 is 34.8 Å². The lowest BCUT2D eigenvalue weighted by Crippen LogP contribution is -2.25. The molecule has 1 aliphatic rings. The Morgan fingerprint density at radius 2 is 1.93 bits per heavy atom. The first-order valence-corrected chi connectivity index (χ1v) is 9.70. The zero-order valence-corrected chi connectivity index (χ0v) is 16.9. The van der Waals surface area contributed by atoms with Gasteiger partial charge in [-0.15, -0.1) is 0 Å². The summed E-state index contributed by atoms with van der Waals surface area (Å²) < 4.78 is 5.73. The van der Waals surface area contributed by atoms with E-state index in [0.29, 0.717) is 47.6 Å². The molecule has 7 nitrogen and oxygen atoms in total. The van der Waals surface area contributed by atoms with Crippen molar-refractivity contribution in [3.63, 3.8) is 0 Å². The summed E-state index contributed by atoms with van der Waals surface area (Å²) in [6, 6.07) is 8.99. The van der Waals surface area contributed by atoms with Gasteiger partial charge in [-0.3, -0.25) is 9.78 Å². The van der Waals surface area contributed by atoms with Crippen LogP contribution in [0, 0.1) is 0 Å². The molecule has 148 valence electrons. The van der Waals surface area contributed by atoms with Crippen molar-refractivity contribution in [1.29, 1.82) is 0 Å². The molecule has 0 aliphatic carbocycles. The number of ether oxygens (including phenoxy) is 1. The van der Waals surface area contributed by atoms with E-state index in [0.717, 1.165) is 11.3 Å². The molecular weight excluding hydrogens is 390 g/mol. The highest BCUT2D eigenvalue weighted by Gasteiger charge is 2.30. The molecule has 0 fully saturated rings. The van der Waals surface area contributed by atoms with Gasteiger partial charge in [-0.05, 0) is 42.8 Å². The van der Waals surface area contributed by atoms with Gasteiger partial charge in [0, 0.05) is 38.6 Å². The molecule has 0 unspecified atom stereocenters. The van der Waals surface area contributed by atoms with Crippen LogP contribution in [0.5, 0.6) is 5.75 Å². The summed E-state index contributed by atoms with van der Waals surface area (Å²) in [6.45, 7) is 3.07. The van der Waals surface area contributed by atoms with Gasteiger partial charge in [0.25, 0.3) is 5.91 Å². The zero-order valence-electron chi connectivity index (χ0n) is 16.2. The fraction of sp³-hybridized carbons (Fsp3) is 0.238.